The molecule has 0 fully saturated rings. The van der Waals surface area contributed by atoms with E-state index in [1.807, 2.05) is 0 Å². The second-order valence-corrected chi connectivity index (χ2v) is 13.2. The van der Waals surface area contributed by atoms with E-state index in [9.17, 15) is 9.90 Å². The van der Waals surface area contributed by atoms with Crippen LogP contribution >= 0.6 is 0 Å². The minimum absolute atomic E-state index is 0.0650. The summed E-state index contributed by atoms with van der Waals surface area (Å²) in [5.74, 6) is -0.130. The highest BCUT2D eigenvalue weighted by atomic mass is 28.4. The van der Waals surface area contributed by atoms with E-state index in [1.165, 1.54) is 7.11 Å². The van der Waals surface area contributed by atoms with Gasteiger partial charge in [-0.05, 0) is 43.0 Å². The molecule has 0 aliphatic heterocycles. The normalized spacial score (nSPS) is 21.7. The summed E-state index contributed by atoms with van der Waals surface area (Å²) in [6.45, 7) is 11.2. The van der Waals surface area contributed by atoms with Crippen LogP contribution in [0.25, 0.3) is 0 Å². The van der Waals surface area contributed by atoms with Crippen LogP contribution < -0.4 is 0 Å². The van der Waals surface area contributed by atoms with Gasteiger partial charge in [-0.3, -0.25) is 4.79 Å². The number of hydrogen-bond donors (Lipinski definition) is 1. The summed E-state index contributed by atoms with van der Waals surface area (Å²) in [5, 5.41) is 10.5. The Morgan fingerprint density at radius 3 is 2.46 bits per heavy atom. The first-order valence-electron chi connectivity index (χ1n) is 9.20. The summed E-state index contributed by atoms with van der Waals surface area (Å²) in [6.07, 6.45) is 8.04. The summed E-state index contributed by atoms with van der Waals surface area (Å²) in [4.78, 5) is 11.0. The lowest BCUT2D eigenvalue weighted by Crippen LogP contribution is -2.43. The Kier molecular flexibility index (Phi) is 8.16. The molecule has 0 spiro atoms. The number of carbonyl (C=O) groups excluding carboxylic acids is 1. The van der Waals surface area contributed by atoms with Crippen molar-refractivity contribution in [3.63, 3.8) is 0 Å². The maximum Gasteiger partial charge on any atom is 0.305 e. The Morgan fingerprint density at radius 2 is 1.88 bits per heavy atom. The van der Waals surface area contributed by atoms with Gasteiger partial charge < -0.3 is 14.3 Å². The second-order valence-electron chi connectivity index (χ2n) is 8.40. The lowest BCUT2D eigenvalue weighted by molar-refractivity contribution is -0.140. The van der Waals surface area contributed by atoms with E-state index in [-0.39, 0.29) is 23.2 Å². The lowest BCUT2D eigenvalue weighted by Gasteiger charge is -2.38. The highest BCUT2D eigenvalue weighted by Gasteiger charge is 2.40. The van der Waals surface area contributed by atoms with Gasteiger partial charge in [-0.2, -0.15) is 0 Å². The van der Waals surface area contributed by atoms with Gasteiger partial charge in [0, 0.05) is 12.8 Å². The Hall–Kier alpha value is -0.653. The van der Waals surface area contributed by atoms with Gasteiger partial charge >= 0.3 is 5.97 Å². The van der Waals surface area contributed by atoms with Crippen LogP contribution in [0.5, 0.6) is 0 Å². The fraction of sp³-hybridized carbons (Fsp3) is 0.842. The number of rotatable bonds is 9. The molecule has 2 atom stereocenters. The first-order valence-corrected chi connectivity index (χ1v) is 12.1. The van der Waals surface area contributed by atoms with Gasteiger partial charge in [-0.15, -0.1) is 0 Å². The molecule has 1 unspecified atom stereocenters. The largest absolute Gasteiger partial charge is 0.469 e. The number of unbranched alkanes of at least 4 members (excludes halogenated alkanes) is 3. The molecule has 1 aliphatic carbocycles. The summed E-state index contributed by atoms with van der Waals surface area (Å²) in [5.41, 5.74) is 1.13. The first kappa shape index (κ1) is 21.4. The van der Waals surface area contributed by atoms with Crippen molar-refractivity contribution < 1.29 is 19.1 Å². The van der Waals surface area contributed by atoms with Crippen molar-refractivity contribution in [1.29, 1.82) is 0 Å². The lowest BCUT2D eigenvalue weighted by atomic mass is 10.0. The zero-order valence-corrected chi connectivity index (χ0v) is 17.4. The molecule has 0 bridgehead atoms. The molecule has 0 aromatic heterocycles. The summed E-state index contributed by atoms with van der Waals surface area (Å²) >= 11 is 0. The smallest absolute Gasteiger partial charge is 0.305 e. The van der Waals surface area contributed by atoms with E-state index in [0.717, 1.165) is 37.7 Å². The Bertz CT molecular complexity index is 437. The highest BCUT2D eigenvalue weighted by Crippen LogP contribution is 2.39. The third-order valence-corrected chi connectivity index (χ3v) is 9.86. The maximum atomic E-state index is 11.0. The third kappa shape index (κ3) is 6.69. The molecule has 0 amide bonds. The molecular weight excluding hydrogens is 320 g/mol. The van der Waals surface area contributed by atoms with Crippen LogP contribution in [-0.4, -0.2) is 38.7 Å². The Labute approximate surface area is 148 Å². The molecule has 24 heavy (non-hydrogen) atoms. The van der Waals surface area contributed by atoms with Crippen LogP contribution in [0.2, 0.25) is 18.1 Å². The number of esters is 1. The van der Waals surface area contributed by atoms with E-state index in [0.29, 0.717) is 12.8 Å². The van der Waals surface area contributed by atoms with E-state index < -0.39 is 8.32 Å². The molecule has 5 heteroatoms. The van der Waals surface area contributed by atoms with Gasteiger partial charge in [0.15, 0.2) is 8.32 Å². The molecule has 0 radical (unpaired) electrons. The number of carbonyl (C=O) groups is 1. The molecule has 4 nitrogen and oxygen atoms in total. The first-order chi connectivity index (χ1) is 11.1. The molecule has 1 aliphatic rings. The van der Waals surface area contributed by atoms with Gasteiger partial charge in [0.2, 0.25) is 0 Å². The van der Waals surface area contributed by atoms with Crippen molar-refractivity contribution in [3.05, 3.63) is 11.6 Å². The molecule has 140 valence electrons. The molecule has 1 N–H and O–H groups in total. The predicted octanol–water partition coefficient (Wildman–Crippen LogP) is 4.58. The van der Waals surface area contributed by atoms with Crippen molar-refractivity contribution in [2.45, 2.75) is 96.1 Å². The minimum Gasteiger partial charge on any atom is -0.469 e. The van der Waals surface area contributed by atoms with Gasteiger partial charge in [0.1, 0.15) is 0 Å². The molecule has 0 saturated heterocycles. The van der Waals surface area contributed by atoms with E-state index in [4.69, 9.17) is 4.43 Å². The van der Waals surface area contributed by atoms with Gasteiger partial charge in [-0.25, -0.2) is 0 Å². The second kappa shape index (κ2) is 9.16. The standard InChI is InChI=1S/C19H36O4Si/c1-19(2,3)24(5,6)23-16-13-15(17(20)14-16)11-9-7-8-10-12-18(21)22-4/h13,16-17,20H,7-12,14H2,1-6H3/t16-,17?/m1/s1. The van der Waals surface area contributed by atoms with Crippen molar-refractivity contribution in [2.24, 2.45) is 0 Å². The fourth-order valence-electron chi connectivity index (χ4n) is 2.73. The van der Waals surface area contributed by atoms with Crippen LogP contribution in [-0.2, 0) is 14.0 Å². The SMILES string of the molecule is COC(=O)CCCCCCC1=C[C@@H](O[Si](C)(C)C(C)(C)C)CC1O. The number of hydrogen-bond acceptors (Lipinski definition) is 4. The molecule has 1 rings (SSSR count). The topological polar surface area (TPSA) is 55.8 Å². The van der Waals surface area contributed by atoms with Crippen LogP contribution in [0.4, 0.5) is 0 Å². The third-order valence-electron chi connectivity index (χ3n) is 5.36. The quantitative estimate of drug-likeness (QED) is 0.284. The van der Waals surface area contributed by atoms with Crippen LogP contribution in [0.15, 0.2) is 11.6 Å². The average molecular weight is 357 g/mol. The molecule has 0 heterocycles. The monoisotopic (exact) mass is 356 g/mol. The number of aliphatic hydroxyl groups excluding tert-OH is 1. The van der Waals surface area contributed by atoms with Crippen molar-refractivity contribution in [3.8, 4) is 0 Å². The molecule has 0 saturated carbocycles. The Balaban J connectivity index is 2.34. The summed E-state index contributed by atoms with van der Waals surface area (Å²) in [6, 6.07) is 0. The zero-order chi connectivity index (χ0) is 18.4. The van der Waals surface area contributed by atoms with Gasteiger partial charge in [0.05, 0.1) is 19.3 Å². The highest BCUT2D eigenvalue weighted by molar-refractivity contribution is 6.74. The van der Waals surface area contributed by atoms with Crippen LogP contribution in [0, 0.1) is 0 Å². The van der Waals surface area contributed by atoms with Crippen molar-refractivity contribution >= 4 is 14.3 Å². The van der Waals surface area contributed by atoms with E-state index in [2.05, 4.69) is 44.7 Å². The molecule has 0 aromatic rings. The van der Waals surface area contributed by atoms with Crippen molar-refractivity contribution in [2.75, 3.05) is 7.11 Å². The van der Waals surface area contributed by atoms with E-state index in [1.54, 1.807) is 0 Å². The maximum absolute atomic E-state index is 11.0. The van der Waals surface area contributed by atoms with Crippen LogP contribution in [0.3, 0.4) is 0 Å². The zero-order valence-electron chi connectivity index (χ0n) is 16.4. The molecule has 0 aromatic carbocycles. The van der Waals surface area contributed by atoms with E-state index >= 15 is 0 Å². The summed E-state index contributed by atoms with van der Waals surface area (Å²) < 4.78 is 11.0. The summed E-state index contributed by atoms with van der Waals surface area (Å²) in [7, 11) is -0.363. The predicted molar refractivity (Wildman–Crippen MR) is 100 cm³/mol. The molecular formula is C19H36O4Si. The fourth-order valence-corrected chi connectivity index (χ4v) is 4.01. The van der Waals surface area contributed by atoms with Gasteiger partial charge in [-0.1, -0.05) is 39.7 Å². The number of ether oxygens (including phenoxy) is 1. The van der Waals surface area contributed by atoms with Crippen LogP contribution in [0.1, 0.15) is 65.7 Å². The minimum atomic E-state index is -1.79. The number of methoxy groups -OCH3 is 1. The van der Waals surface area contributed by atoms with Crippen molar-refractivity contribution in [1.82, 2.24) is 0 Å². The number of aliphatic hydroxyl groups is 1. The Morgan fingerprint density at radius 1 is 1.25 bits per heavy atom. The average Bonchev–Trinajstić information content (AvgIpc) is 2.80. The van der Waals surface area contributed by atoms with Gasteiger partial charge in [0.25, 0.3) is 0 Å².